The number of allylic oxidation sites excluding steroid dienone is 4. The smallest absolute Gasteiger partial charge is 0.400 e. The standard InChI is InChI=1S/C28H31N3O3/c1-3-5-8-22(4-2)28(21-29)15-17-31(18-16-28)19-20-32-23-11-13-24(14-12-23)33-27-30-25-9-6-7-10-26(25)34-27/h4-14H,3,15-20H2,1-2H3/b8-5-,22-4-. The molecule has 3 aromatic rings. The van der Waals surface area contributed by atoms with Crippen molar-refractivity contribution in [2.75, 3.05) is 26.2 Å². The maximum Gasteiger partial charge on any atom is 0.400 e. The van der Waals surface area contributed by atoms with Gasteiger partial charge in [0.2, 0.25) is 0 Å². The summed E-state index contributed by atoms with van der Waals surface area (Å²) in [5, 5.41) is 9.92. The fraction of sp³-hybridized carbons (Fsp3) is 0.357. The normalized spacial score (nSPS) is 16.6. The molecule has 2 heterocycles. The van der Waals surface area contributed by atoms with Crippen molar-refractivity contribution in [3.63, 3.8) is 0 Å². The van der Waals surface area contributed by atoms with Gasteiger partial charge in [-0.3, -0.25) is 4.90 Å². The van der Waals surface area contributed by atoms with Gasteiger partial charge in [0.1, 0.15) is 23.6 Å². The van der Waals surface area contributed by atoms with E-state index in [1.807, 2.05) is 55.5 Å². The second kappa shape index (κ2) is 11.0. The van der Waals surface area contributed by atoms with E-state index >= 15 is 0 Å². The van der Waals surface area contributed by atoms with E-state index in [1.165, 1.54) is 0 Å². The summed E-state index contributed by atoms with van der Waals surface area (Å²) in [5.41, 5.74) is 2.23. The summed E-state index contributed by atoms with van der Waals surface area (Å²) >= 11 is 0. The molecule has 0 aliphatic carbocycles. The van der Waals surface area contributed by atoms with Gasteiger partial charge in [0.05, 0.1) is 11.5 Å². The second-order valence-corrected chi connectivity index (χ2v) is 8.46. The van der Waals surface area contributed by atoms with Gasteiger partial charge in [-0.2, -0.15) is 10.2 Å². The predicted molar refractivity (Wildman–Crippen MR) is 133 cm³/mol. The van der Waals surface area contributed by atoms with E-state index in [0.717, 1.165) is 55.7 Å². The molecule has 0 amide bonds. The Morgan fingerprint density at radius 2 is 1.88 bits per heavy atom. The quantitative estimate of drug-likeness (QED) is 0.341. The van der Waals surface area contributed by atoms with E-state index in [1.54, 1.807) is 0 Å². The van der Waals surface area contributed by atoms with Crippen molar-refractivity contribution in [3.8, 4) is 23.6 Å². The lowest BCUT2D eigenvalue weighted by molar-refractivity contribution is 0.143. The topological polar surface area (TPSA) is 71.5 Å². The molecule has 2 aromatic carbocycles. The zero-order valence-corrected chi connectivity index (χ0v) is 19.9. The lowest BCUT2D eigenvalue weighted by atomic mass is 9.73. The van der Waals surface area contributed by atoms with Crippen molar-refractivity contribution in [1.82, 2.24) is 9.88 Å². The van der Waals surface area contributed by atoms with Crippen molar-refractivity contribution in [3.05, 3.63) is 72.3 Å². The van der Waals surface area contributed by atoms with Crippen LogP contribution in [0.5, 0.6) is 17.6 Å². The van der Waals surface area contributed by atoms with Crippen molar-refractivity contribution in [1.29, 1.82) is 5.26 Å². The number of nitriles is 1. The number of nitrogens with zero attached hydrogens (tertiary/aromatic N) is 3. The van der Waals surface area contributed by atoms with Crippen LogP contribution in [-0.2, 0) is 0 Å². The first-order valence-corrected chi connectivity index (χ1v) is 11.9. The molecule has 4 rings (SSSR count). The number of aromatic nitrogens is 1. The average molecular weight is 458 g/mol. The van der Waals surface area contributed by atoms with Crippen LogP contribution in [0.4, 0.5) is 0 Å². The predicted octanol–water partition coefficient (Wildman–Crippen LogP) is 6.52. The van der Waals surface area contributed by atoms with Gasteiger partial charge >= 0.3 is 6.08 Å². The third kappa shape index (κ3) is 5.49. The zero-order chi connectivity index (χ0) is 23.8. The minimum atomic E-state index is -0.373. The Hall–Kier alpha value is -3.56. The summed E-state index contributed by atoms with van der Waals surface area (Å²) in [4.78, 5) is 6.70. The van der Waals surface area contributed by atoms with Gasteiger partial charge in [0, 0.05) is 19.6 Å². The molecule has 6 heteroatoms. The first-order valence-electron chi connectivity index (χ1n) is 11.9. The highest BCUT2D eigenvalue weighted by atomic mass is 16.6. The minimum absolute atomic E-state index is 0.222. The van der Waals surface area contributed by atoms with Gasteiger partial charge in [0.25, 0.3) is 0 Å². The van der Waals surface area contributed by atoms with E-state index in [2.05, 4.69) is 41.1 Å². The Labute approximate surface area is 201 Å². The highest BCUT2D eigenvalue weighted by molar-refractivity contribution is 5.72. The van der Waals surface area contributed by atoms with E-state index in [9.17, 15) is 5.26 Å². The number of para-hydroxylation sites is 2. The molecule has 0 saturated carbocycles. The van der Waals surface area contributed by atoms with Gasteiger partial charge in [-0.15, -0.1) is 0 Å². The number of likely N-dealkylation sites (tertiary alicyclic amines) is 1. The highest BCUT2D eigenvalue weighted by Gasteiger charge is 2.36. The lowest BCUT2D eigenvalue weighted by Crippen LogP contribution is -2.41. The number of hydrogen-bond acceptors (Lipinski definition) is 6. The van der Waals surface area contributed by atoms with E-state index in [-0.39, 0.29) is 11.5 Å². The Bertz CT molecular complexity index is 1150. The Balaban J connectivity index is 1.24. The van der Waals surface area contributed by atoms with Crippen LogP contribution in [-0.4, -0.2) is 36.1 Å². The molecule has 1 fully saturated rings. The molecule has 176 valence electrons. The molecule has 0 spiro atoms. The van der Waals surface area contributed by atoms with Gasteiger partial charge in [-0.25, -0.2) is 0 Å². The third-order valence-electron chi connectivity index (χ3n) is 6.30. The second-order valence-electron chi connectivity index (χ2n) is 8.46. The van der Waals surface area contributed by atoms with Crippen LogP contribution < -0.4 is 9.47 Å². The van der Waals surface area contributed by atoms with E-state index in [0.29, 0.717) is 17.9 Å². The molecule has 34 heavy (non-hydrogen) atoms. The molecule has 0 unspecified atom stereocenters. The van der Waals surface area contributed by atoms with E-state index < -0.39 is 0 Å². The number of benzene rings is 2. The molecule has 1 aliphatic rings. The zero-order valence-electron chi connectivity index (χ0n) is 19.9. The Kier molecular flexibility index (Phi) is 7.66. The number of oxazole rings is 1. The third-order valence-corrected chi connectivity index (χ3v) is 6.30. The number of ether oxygens (including phenoxy) is 2. The van der Waals surface area contributed by atoms with Gasteiger partial charge in [-0.05, 0) is 68.2 Å². The fourth-order valence-electron chi connectivity index (χ4n) is 4.29. The summed E-state index contributed by atoms with van der Waals surface area (Å²) in [6.45, 7) is 7.36. The van der Waals surface area contributed by atoms with Crippen LogP contribution in [0.25, 0.3) is 11.1 Å². The maximum absolute atomic E-state index is 9.92. The molecule has 0 N–H and O–H groups in total. The van der Waals surface area contributed by atoms with E-state index in [4.69, 9.17) is 13.9 Å². The van der Waals surface area contributed by atoms with Crippen molar-refractivity contribution in [2.45, 2.75) is 33.1 Å². The van der Waals surface area contributed by atoms with Gasteiger partial charge in [0.15, 0.2) is 5.58 Å². The molecular weight excluding hydrogens is 426 g/mol. The summed E-state index contributed by atoms with van der Waals surface area (Å²) in [7, 11) is 0. The fourth-order valence-corrected chi connectivity index (χ4v) is 4.29. The monoisotopic (exact) mass is 457 g/mol. The largest absolute Gasteiger partial charge is 0.492 e. The molecule has 0 bridgehead atoms. The molecular formula is C28H31N3O3. The van der Waals surface area contributed by atoms with Crippen LogP contribution in [0.1, 0.15) is 33.1 Å². The summed E-state index contributed by atoms with van der Waals surface area (Å²) in [6, 6.07) is 17.6. The number of rotatable bonds is 9. The Morgan fingerprint density at radius 3 is 2.56 bits per heavy atom. The minimum Gasteiger partial charge on any atom is -0.492 e. The SMILES string of the molecule is C/C=C(/C=C\CC)C1(C#N)CCN(CCOc2ccc(Oc3nc4ccccc4o3)cc2)CC1. The Morgan fingerprint density at radius 1 is 1.15 bits per heavy atom. The van der Waals surface area contributed by atoms with Crippen LogP contribution >= 0.6 is 0 Å². The average Bonchev–Trinajstić information content (AvgIpc) is 3.29. The number of fused-ring (bicyclic) bond motifs is 1. The maximum atomic E-state index is 9.92. The van der Waals surface area contributed by atoms with Crippen LogP contribution in [0.15, 0.2) is 76.7 Å². The van der Waals surface area contributed by atoms with Crippen molar-refractivity contribution < 1.29 is 13.9 Å². The first kappa shape index (κ1) is 23.6. The highest BCUT2D eigenvalue weighted by Crippen LogP contribution is 2.39. The van der Waals surface area contributed by atoms with Gasteiger partial charge in [-0.1, -0.05) is 37.3 Å². The molecule has 6 nitrogen and oxygen atoms in total. The molecule has 0 radical (unpaired) electrons. The van der Waals surface area contributed by atoms with Gasteiger partial charge < -0.3 is 13.9 Å². The summed E-state index contributed by atoms with van der Waals surface area (Å²) in [5.74, 6) is 1.42. The summed E-state index contributed by atoms with van der Waals surface area (Å²) < 4.78 is 17.3. The van der Waals surface area contributed by atoms with Crippen molar-refractivity contribution in [2.24, 2.45) is 5.41 Å². The molecule has 0 atom stereocenters. The lowest BCUT2D eigenvalue weighted by Gasteiger charge is -2.38. The molecule has 1 aliphatic heterocycles. The van der Waals surface area contributed by atoms with Crippen LogP contribution in [0, 0.1) is 16.7 Å². The number of piperidine rings is 1. The van der Waals surface area contributed by atoms with Crippen LogP contribution in [0.2, 0.25) is 0 Å². The first-order chi connectivity index (χ1) is 16.7. The van der Waals surface area contributed by atoms with Crippen LogP contribution in [0.3, 0.4) is 0 Å². The summed E-state index contributed by atoms with van der Waals surface area (Å²) in [6.07, 6.45) is 9.24. The molecule has 1 saturated heterocycles. The molecule has 1 aromatic heterocycles. The number of hydrogen-bond donors (Lipinski definition) is 0. The van der Waals surface area contributed by atoms with Crippen molar-refractivity contribution >= 4 is 11.1 Å².